The maximum atomic E-state index is 11.5. The number of hydrogen-bond donors (Lipinski definition) is 4. The van der Waals surface area contributed by atoms with Crippen LogP contribution in [0.1, 0.15) is 83.1 Å². The molecule has 0 aromatic heterocycles. The predicted molar refractivity (Wildman–Crippen MR) is 115 cm³/mol. The average molecular weight is 473 g/mol. The van der Waals surface area contributed by atoms with Gasteiger partial charge in [0, 0.05) is 20.2 Å². The van der Waals surface area contributed by atoms with E-state index in [1.54, 1.807) is 83.1 Å². The van der Waals surface area contributed by atoms with Crippen LogP contribution in [0.2, 0.25) is 20.2 Å². The molecule has 1 fully saturated rings. The van der Waals surface area contributed by atoms with Gasteiger partial charge in [-0.3, -0.25) is 0 Å². The standard InChI is InChI=1S/C16H40O8Si4/c1-13(2,3)25(17)21-26(18,14(4,5)6)23-28(20,16(10,11)12)24-27(19,22-25)15(7,8)9/h17-20H,1-12H3. The Balaban J connectivity index is 3.80. The van der Waals surface area contributed by atoms with Gasteiger partial charge in [-0.15, -0.1) is 0 Å². The molecule has 12 heteroatoms. The second-order valence-corrected chi connectivity index (χ2v) is 25.7. The molecule has 0 atom stereocenters. The van der Waals surface area contributed by atoms with Crippen molar-refractivity contribution in [3.8, 4) is 0 Å². The van der Waals surface area contributed by atoms with Gasteiger partial charge in [0.05, 0.1) is 0 Å². The van der Waals surface area contributed by atoms with Crippen LogP contribution >= 0.6 is 0 Å². The van der Waals surface area contributed by atoms with E-state index in [2.05, 4.69) is 0 Å². The first-order chi connectivity index (χ1) is 11.8. The summed E-state index contributed by atoms with van der Waals surface area (Å²) < 4.78 is 24.0. The Bertz CT molecular complexity index is 473. The van der Waals surface area contributed by atoms with Gasteiger partial charge < -0.3 is 35.6 Å². The first kappa shape index (κ1) is 26.6. The summed E-state index contributed by atoms with van der Waals surface area (Å²) in [7, 11) is -17.0. The van der Waals surface area contributed by atoms with Gasteiger partial charge in [-0.05, 0) is 0 Å². The van der Waals surface area contributed by atoms with Crippen molar-refractivity contribution < 1.29 is 35.6 Å². The van der Waals surface area contributed by atoms with Crippen molar-refractivity contribution in [1.29, 1.82) is 0 Å². The zero-order valence-electron chi connectivity index (χ0n) is 19.4. The lowest BCUT2D eigenvalue weighted by Gasteiger charge is -2.54. The minimum atomic E-state index is -4.25. The summed E-state index contributed by atoms with van der Waals surface area (Å²) in [5.41, 5.74) is 0. The second kappa shape index (κ2) is 7.03. The molecule has 1 heterocycles. The molecular weight excluding hydrogens is 433 g/mol. The van der Waals surface area contributed by atoms with Crippen LogP contribution in [0.5, 0.6) is 0 Å². The Kier molecular flexibility index (Phi) is 6.68. The van der Waals surface area contributed by atoms with Crippen molar-refractivity contribution in [2.45, 2.75) is 103 Å². The zero-order valence-corrected chi connectivity index (χ0v) is 23.4. The molecule has 1 saturated heterocycles. The normalized spacial score (nSPS) is 39.4. The van der Waals surface area contributed by atoms with Gasteiger partial charge in [-0.1, -0.05) is 83.1 Å². The van der Waals surface area contributed by atoms with E-state index in [4.69, 9.17) is 16.5 Å². The highest BCUT2D eigenvalue weighted by atomic mass is 28.6. The van der Waals surface area contributed by atoms with E-state index in [0.29, 0.717) is 0 Å². The van der Waals surface area contributed by atoms with Crippen molar-refractivity contribution >= 4 is 35.2 Å². The molecule has 4 N–H and O–H groups in total. The highest BCUT2D eigenvalue weighted by Gasteiger charge is 2.74. The summed E-state index contributed by atoms with van der Waals surface area (Å²) in [4.78, 5) is 46.0. The van der Waals surface area contributed by atoms with Gasteiger partial charge in [0.2, 0.25) is 0 Å². The molecule has 0 aromatic carbocycles. The van der Waals surface area contributed by atoms with E-state index in [-0.39, 0.29) is 0 Å². The molecule has 0 aliphatic carbocycles. The van der Waals surface area contributed by atoms with Crippen LogP contribution in [0, 0.1) is 0 Å². The van der Waals surface area contributed by atoms with Crippen LogP contribution in [0.4, 0.5) is 0 Å². The lowest BCUT2D eigenvalue weighted by Crippen LogP contribution is -2.77. The summed E-state index contributed by atoms with van der Waals surface area (Å²) in [6, 6.07) is 0. The highest BCUT2D eigenvalue weighted by molar-refractivity contribution is 6.90. The summed E-state index contributed by atoms with van der Waals surface area (Å²) in [6.45, 7) is 20.5. The van der Waals surface area contributed by atoms with Crippen molar-refractivity contribution in [2.75, 3.05) is 0 Å². The largest absolute Gasteiger partial charge is 0.489 e. The first-order valence-corrected chi connectivity index (χ1v) is 16.6. The topological polar surface area (TPSA) is 118 Å². The molecule has 1 rings (SSSR count). The fourth-order valence-electron chi connectivity index (χ4n) is 2.06. The van der Waals surface area contributed by atoms with E-state index >= 15 is 0 Å². The van der Waals surface area contributed by atoms with E-state index in [1.807, 2.05) is 0 Å². The molecule has 0 aromatic rings. The van der Waals surface area contributed by atoms with Crippen molar-refractivity contribution in [3.05, 3.63) is 0 Å². The Morgan fingerprint density at radius 2 is 0.464 bits per heavy atom. The smallest absolute Gasteiger partial charge is 0.390 e. The zero-order chi connectivity index (χ0) is 22.8. The average Bonchev–Trinajstić information content (AvgIpc) is 2.30. The molecule has 0 saturated carbocycles. The molecular formula is C16H40O8Si4. The van der Waals surface area contributed by atoms with Gasteiger partial charge in [-0.25, -0.2) is 0 Å². The summed E-state index contributed by atoms with van der Waals surface area (Å²) >= 11 is 0. The molecule has 0 amide bonds. The molecule has 28 heavy (non-hydrogen) atoms. The minimum Gasteiger partial charge on any atom is -0.390 e. The molecule has 0 unspecified atom stereocenters. The Labute approximate surface area is 174 Å². The fraction of sp³-hybridized carbons (Fsp3) is 1.00. The van der Waals surface area contributed by atoms with Gasteiger partial charge >= 0.3 is 35.2 Å². The molecule has 168 valence electrons. The Hall–Kier alpha value is 0.548. The van der Waals surface area contributed by atoms with Gasteiger partial charge in [-0.2, -0.15) is 0 Å². The van der Waals surface area contributed by atoms with Crippen LogP contribution in [0.3, 0.4) is 0 Å². The van der Waals surface area contributed by atoms with E-state index in [9.17, 15) is 19.2 Å². The summed E-state index contributed by atoms with van der Waals surface area (Å²) in [6.07, 6.45) is 0. The molecule has 1 aliphatic rings. The first-order valence-electron chi connectivity index (χ1n) is 9.53. The van der Waals surface area contributed by atoms with Crippen molar-refractivity contribution in [2.24, 2.45) is 0 Å². The molecule has 0 spiro atoms. The second-order valence-electron chi connectivity index (χ2n) is 11.7. The third kappa shape index (κ3) is 4.73. The lowest BCUT2D eigenvalue weighted by molar-refractivity contribution is 0.0307. The minimum absolute atomic E-state index is 0.934. The third-order valence-corrected chi connectivity index (χ3v) is 21.3. The van der Waals surface area contributed by atoms with Crippen LogP contribution in [0.25, 0.3) is 0 Å². The Morgan fingerprint density at radius 3 is 0.536 bits per heavy atom. The maximum absolute atomic E-state index is 11.5. The van der Waals surface area contributed by atoms with Gasteiger partial charge in [0.1, 0.15) is 0 Å². The van der Waals surface area contributed by atoms with Crippen LogP contribution in [-0.2, 0) is 16.5 Å². The molecule has 8 nitrogen and oxygen atoms in total. The van der Waals surface area contributed by atoms with Crippen LogP contribution in [0.15, 0.2) is 0 Å². The van der Waals surface area contributed by atoms with E-state index < -0.39 is 55.4 Å². The summed E-state index contributed by atoms with van der Waals surface area (Å²) in [5.74, 6) is 0. The van der Waals surface area contributed by atoms with Crippen molar-refractivity contribution in [1.82, 2.24) is 0 Å². The van der Waals surface area contributed by atoms with Gasteiger partial charge in [0.15, 0.2) is 0 Å². The highest BCUT2D eigenvalue weighted by Crippen LogP contribution is 2.53. The maximum Gasteiger partial charge on any atom is 0.489 e. The van der Waals surface area contributed by atoms with Crippen molar-refractivity contribution in [3.63, 3.8) is 0 Å². The quantitative estimate of drug-likeness (QED) is 0.397. The van der Waals surface area contributed by atoms with Crippen LogP contribution < -0.4 is 0 Å². The van der Waals surface area contributed by atoms with Gasteiger partial charge in [0.25, 0.3) is 0 Å². The number of rotatable bonds is 0. The predicted octanol–water partition coefficient (Wildman–Crippen LogP) is 2.99. The molecule has 0 bridgehead atoms. The SMILES string of the molecule is CC(C)(C)[Si]1(O)O[Si](O)(C(C)(C)C)O[Si](O)(C(C)(C)C)O[Si](O)(C(C)(C)C)O1. The summed E-state index contributed by atoms with van der Waals surface area (Å²) in [5, 5.41) is -3.73. The molecule has 0 radical (unpaired) electrons. The van der Waals surface area contributed by atoms with E-state index in [0.717, 1.165) is 0 Å². The fourth-order valence-corrected chi connectivity index (χ4v) is 20.0. The monoisotopic (exact) mass is 472 g/mol. The Morgan fingerprint density at radius 1 is 0.357 bits per heavy atom. The van der Waals surface area contributed by atoms with Crippen LogP contribution in [-0.4, -0.2) is 54.4 Å². The number of hydrogen-bond acceptors (Lipinski definition) is 8. The molecule has 1 aliphatic heterocycles. The van der Waals surface area contributed by atoms with E-state index in [1.165, 1.54) is 0 Å². The lowest BCUT2D eigenvalue weighted by atomic mass is 10.3. The third-order valence-electron chi connectivity index (χ3n) is 4.90.